The summed E-state index contributed by atoms with van der Waals surface area (Å²) in [5.74, 6) is 0. The maximum absolute atomic E-state index is 5.81. The smallest absolute Gasteiger partial charge is 0.115 e. The van der Waals surface area contributed by atoms with Crippen LogP contribution in [-0.2, 0) is 6.54 Å². The number of aryl methyl sites for hydroxylation is 2. The lowest BCUT2D eigenvalue weighted by atomic mass is 10.2. The van der Waals surface area contributed by atoms with E-state index in [1.807, 2.05) is 26.0 Å². The van der Waals surface area contributed by atoms with Gasteiger partial charge in [-0.1, -0.05) is 11.8 Å². The van der Waals surface area contributed by atoms with E-state index < -0.39 is 0 Å². The summed E-state index contributed by atoms with van der Waals surface area (Å²) in [7, 11) is 0. The Morgan fingerprint density at radius 1 is 1.39 bits per heavy atom. The van der Waals surface area contributed by atoms with Crippen LogP contribution in [0.1, 0.15) is 17.0 Å². The maximum atomic E-state index is 5.81. The van der Waals surface area contributed by atoms with Crippen molar-refractivity contribution in [3.63, 3.8) is 0 Å². The molecule has 3 nitrogen and oxygen atoms in total. The van der Waals surface area contributed by atoms with Crippen molar-refractivity contribution >= 4 is 27.7 Å². The van der Waals surface area contributed by atoms with Gasteiger partial charge in [-0.25, -0.2) is 4.98 Å². The molecule has 0 aromatic carbocycles. The van der Waals surface area contributed by atoms with Gasteiger partial charge in [-0.3, -0.25) is 4.98 Å². The molecule has 2 aromatic rings. The van der Waals surface area contributed by atoms with E-state index in [1.165, 1.54) is 0 Å². The van der Waals surface area contributed by atoms with E-state index in [2.05, 4.69) is 32.0 Å². The Kier molecular flexibility index (Phi) is 4.37. The molecule has 0 unspecified atom stereocenters. The molecule has 0 aliphatic rings. The first-order valence-corrected chi connectivity index (χ1v) is 7.18. The number of hydrogen-bond donors (Lipinski definition) is 1. The summed E-state index contributed by atoms with van der Waals surface area (Å²) in [6, 6.07) is 5.94. The van der Waals surface area contributed by atoms with Gasteiger partial charge in [0.25, 0.3) is 0 Å². The van der Waals surface area contributed by atoms with Crippen molar-refractivity contribution in [3.05, 3.63) is 45.8 Å². The fraction of sp³-hybridized carbons (Fsp3) is 0.231. The summed E-state index contributed by atoms with van der Waals surface area (Å²) in [6.07, 6.45) is 1.79. The number of rotatable bonds is 3. The number of pyridine rings is 2. The van der Waals surface area contributed by atoms with Crippen LogP contribution >= 0.6 is 27.7 Å². The zero-order valence-electron chi connectivity index (χ0n) is 10.3. The van der Waals surface area contributed by atoms with Gasteiger partial charge in [-0.15, -0.1) is 0 Å². The second-order valence-corrected chi connectivity index (χ2v) is 5.81. The Hall–Kier alpha value is -0.910. The second kappa shape index (κ2) is 5.82. The number of halogens is 1. The third-order valence-electron chi connectivity index (χ3n) is 2.55. The minimum absolute atomic E-state index is 0.492. The van der Waals surface area contributed by atoms with Crippen LogP contribution in [0.4, 0.5) is 0 Å². The number of hydrogen-bond acceptors (Lipinski definition) is 4. The lowest BCUT2D eigenvalue weighted by Crippen LogP contribution is -2.04. The molecule has 0 atom stereocenters. The zero-order valence-corrected chi connectivity index (χ0v) is 12.7. The standard InChI is InChI=1S/C13H14BrN3S/c1-8-6-12(10(7-15)9(2)17-8)18-13-11(14)4-3-5-16-13/h3-6H,7,15H2,1-2H3. The first kappa shape index (κ1) is 13.5. The Bertz CT molecular complexity index is 572. The summed E-state index contributed by atoms with van der Waals surface area (Å²) < 4.78 is 0.991. The maximum Gasteiger partial charge on any atom is 0.115 e. The molecule has 2 rings (SSSR count). The Morgan fingerprint density at radius 2 is 2.17 bits per heavy atom. The van der Waals surface area contributed by atoms with Crippen LogP contribution in [0.5, 0.6) is 0 Å². The van der Waals surface area contributed by atoms with Crippen LogP contribution in [0.15, 0.2) is 38.8 Å². The average molecular weight is 324 g/mol. The van der Waals surface area contributed by atoms with Gasteiger partial charge >= 0.3 is 0 Å². The minimum Gasteiger partial charge on any atom is -0.326 e. The van der Waals surface area contributed by atoms with Crippen molar-refractivity contribution in [1.29, 1.82) is 0 Å². The average Bonchev–Trinajstić information content (AvgIpc) is 2.31. The Morgan fingerprint density at radius 3 is 2.83 bits per heavy atom. The number of nitrogens with two attached hydrogens (primary N) is 1. The van der Waals surface area contributed by atoms with Gasteiger partial charge in [0.1, 0.15) is 5.03 Å². The quantitative estimate of drug-likeness (QED) is 0.939. The zero-order chi connectivity index (χ0) is 13.1. The largest absolute Gasteiger partial charge is 0.326 e. The van der Waals surface area contributed by atoms with Crippen molar-refractivity contribution in [2.45, 2.75) is 30.3 Å². The predicted octanol–water partition coefficient (Wildman–Crippen LogP) is 3.47. The van der Waals surface area contributed by atoms with Gasteiger partial charge < -0.3 is 5.73 Å². The first-order valence-electron chi connectivity index (χ1n) is 5.57. The topological polar surface area (TPSA) is 51.8 Å². The van der Waals surface area contributed by atoms with Crippen LogP contribution in [-0.4, -0.2) is 9.97 Å². The molecule has 18 heavy (non-hydrogen) atoms. The SMILES string of the molecule is Cc1cc(Sc2ncccc2Br)c(CN)c(C)n1. The minimum atomic E-state index is 0.492. The van der Waals surface area contributed by atoms with Crippen LogP contribution in [0.3, 0.4) is 0 Å². The van der Waals surface area contributed by atoms with E-state index in [1.54, 1.807) is 18.0 Å². The van der Waals surface area contributed by atoms with E-state index in [9.17, 15) is 0 Å². The van der Waals surface area contributed by atoms with Crippen molar-refractivity contribution in [3.8, 4) is 0 Å². The summed E-state index contributed by atoms with van der Waals surface area (Å²) >= 11 is 5.12. The lowest BCUT2D eigenvalue weighted by molar-refractivity contribution is 0.943. The van der Waals surface area contributed by atoms with Gasteiger partial charge in [0.05, 0.1) is 4.47 Å². The molecule has 0 fully saturated rings. The van der Waals surface area contributed by atoms with E-state index in [0.29, 0.717) is 6.54 Å². The highest BCUT2D eigenvalue weighted by atomic mass is 79.9. The molecular formula is C13H14BrN3S. The normalized spacial score (nSPS) is 10.7. The van der Waals surface area contributed by atoms with Crippen molar-refractivity contribution in [2.75, 3.05) is 0 Å². The third kappa shape index (κ3) is 2.91. The van der Waals surface area contributed by atoms with Gasteiger partial charge in [-0.05, 0) is 48.0 Å². The third-order valence-corrected chi connectivity index (χ3v) is 4.56. The van der Waals surface area contributed by atoms with E-state index in [-0.39, 0.29) is 0 Å². The highest BCUT2D eigenvalue weighted by Gasteiger charge is 2.10. The summed E-state index contributed by atoms with van der Waals surface area (Å²) in [4.78, 5) is 9.93. The molecule has 2 N–H and O–H groups in total. The Labute approximate surface area is 119 Å². The molecule has 0 aliphatic carbocycles. The summed E-state index contributed by atoms with van der Waals surface area (Å²) in [5, 5.41) is 0.942. The van der Waals surface area contributed by atoms with E-state index >= 15 is 0 Å². The lowest BCUT2D eigenvalue weighted by Gasteiger charge is -2.11. The summed E-state index contributed by atoms with van der Waals surface area (Å²) in [5.41, 5.74) is 8.89. The molecule has 0 radical (unpaired) electrons. The molecule has 2 aromatic heterocycles. The Balaban J connectivity index is 2.43. The highest BCUT2D eigenvalue weighted by Crippen LogP contribution is 2.34. The van der Waals surface area contributed by atoms with E-state index in [4.69, 9.17) is 5.73 Å². The van der Waals surface area contributed by atoms with E-state index in [0.717, 1.165) is 31.3 Å². The molecule has 0 amide bonds. The van der Waals surface area contributed by atoms with Crippen LogP contribution < -0.4 is 5.73 Å². The molecular weight excluding hydrogens is 310 g/mol. The van der Waals surface area contributed by atoms with Crippen LogP contribution in [0, 0.1) is 13.8 Å². The molecule has 94 valence electrons. The van der Waals surface area contributed by atoms with Crippen molar-refractivity contribution in [1.82, 2.24) is 9.97 Å². The fourth-order valence-corrected chi connectivity index (χ4v) is 3.28. The number of aromatic nitrogens is 2. The molecule has 5 heteroatoms. The molecule has 0 bridgehead atoms. The van der Waals surface area contributed by atoms with Gasteiger partial charge in [0.2, 0.25) is 0 Å². The molecule has 0 saturated heterocycles. The van der Waals surface area contributed by atoms with Gasteiger partial charge in [0, 0.05) is 34.6 Å². The molecule has 0 aliphatic heterocycles. The highest BCUT2D eigenvalue weighted by molar-refractivity contribution is 9.10. The first-order chi connectivity index (χ1) is 8.61. The molecule has 0 saturated carbocycles. The number of nitrogens with zero attached hydrogens (tertiary/aromatic N) is 2. The fourth-order valence-electron chi connectivity index (χ4n) is 1.71. The van der Waals surface area contributed by atoms with Crippen LogP contribution in [0.2, 0.25) is 0 Å². The van der Waals surface area contributed by atoms with Gasteiger partial charge in [0.15, 0.2) is 0 Å². The van der Waals surface area contributed by atoms with Crippen molar-refractivity contribution < 1.29 is 0 Å². The van der Waals surface area contributed by atoms with Crippen molar-refractivity contribution in [2.24, 2.45) is 5.73 Å². The molecule has 0 spiro atoms. The monoisotopic (exact) mass is 323 g/mol. The van der Waals surface area contributed by atoms with Crippen LogP contribution in [0.25, 0.3) is 0 Å². The summed E-state index contributed by atoms with van der Waals surface area (Å²) in [6.45, 7) is 4.48. The second-order valence-electron chi connectivity index (χ2n) is 3.92. The predicted molar refractivity (Wildman–Crippen MR) is 77.7 cm³/mol. The molecule has 2 heterocycles. The van der Waals surface area contributed by atoms with Gasteiger partial charge in [-0.2, -0.15) is 0 Å².